The topological polar surface area (TPSA) is 74.7 Å². The maximum absolute atomic E-state index is 11.3. The minimum atomic E-state index is -2.82. The van der Waals surface area contributed by atoms with Gasteiger partial charge in [0.15, 0.2) is 9.84 Å². The van der Waals surface area contributed by atoms with Crippen LogP contribution in [0, 0.1) is 0 Å². The van der Waals surface area contributed by atoms with Crippen LogP contribution in [0.3, 0.4) is 0 Å². The standard InChI is InChI=1S/C13H17NO4S/c15-13(16)12-3-1-11(2-4-12)5-6-14-7-9-19(17,18)10-8-14/h1-4H,5-10H2,(H,15,16). The summed E-state index contributed by atoms with van der Waals surface area (Å²) in [4.78, 5) is 12.8. The number of hydrogen-bond donors (Lipinski definition) is 1. The number of rotatable bonds is 4. The van der Waals surface area contributed by atoms with Crippen LogP contribution in [-0.4, -0.2) is 55.5 Å². The Bertz CT molecular complexity index is 537. The van der Waals surface area contributed by atoms with Crippen molar-refractivity contribution >= 4 is 15.8 Å². The maximum atomic E-state index is 11.3. The lowest BCUT2D eigenvalue weighted by Gasteiger charge is -2.26. The van der Waals surface area contributed by atoms with E-state index >= 15 is 0 Å². The predicted molar refractivity (Wildman–Crippen MR) is 72.2 cm³/mol. The molecule has 0 aromatic heterocycles. The number of hydrogen-bond acceptors (Lipinski definition) is 4. The lowest BCUT2D eigenvalue weighted by molar-refractivity contribution is 0.0697. The van der Waals surface area contributed by atoms with Gasteiger partial charge in [0.25, 0.3) is 0 Å². The summed E-state index contributed by atoms with van der Waals surface area (Å²) in [6.45, 7) is 1.99. The quantitative estimate of drug-likeness (QED) is 0.878. The maximum Gasteiger partial charge on any atom is 0.335 e. The molecule has 0 radical (unpaired) electrons. The fraction of sp³-hybridized carbons (Fsp3) is 0.462. The molecule has 1 heterocycles. The molecule has 1 fully saturated rings. The summed E-state index contributed by atoms with van der Waals surface area (Å²) in [5.41, 5.74) is 1.35. The average Bonchev–Trinajstić information content (AvgIpc) is 2.38. The second kappa shape index (κ2) is 5.71. The van der Waals surface area contributed by atoms with E-state index in [0.717, 1.165) is 18.5 Å². The number of carboxylic acids is 1. The largest absolute Gasteiger partial charge is 0.478 e. The molecule has 104 valence electrons. The van der Waals surface area contributed by atoms with Crippen LogP contribution in [-0.2, 0) is 16.3 Å². The minimum absolute atomic E-state index is 0.241. The number of aromatic carboxylic acids is 1. The van der Waals surface area contributed by atoms with E-state index in [1.165, 1.54) is 0 Å². The molecule has 2 rings (SSSR count). The molecule has 1 aromatic carbocycles. The van der Waals surface area contributed by atoms with E-state index in [4.69, 9.17) is 5.11 Å². The highest BCUT2D eigenvalue weighted by molar-refractivity contribution is 7.91. The third kappa shape index (κ3) is 4.04. The monoisotopic (exact) mass is 283 g/mol. The molecule has 0 bridgehead atoms. The average molecular weight is 283 g/mol. The predicted octanol–water partition coefficient (Wildman–Crippen LogP) is 0.658. The fourth-order valence-corrected chi connectivity index (χ4v) is 3.35. The molecule has 5 nitrogen and oxygen atoms in total. The summed E-state index contributed by atoms with van der Waals surface area (Å²) < 4.78 is 22.6. The number of nitrogens with zero attached hydrogens (tertiary/aromatic N) is 1. The lowest BCUT2D eigenvalue weighted by atomic mass is 10.1. The summed E-state index contributed by atoms with van der Waals surface area (Å²) >= 11 is 0. The van der Waals surface area contributed by atoms with Gasteiger partial charge in [-0.2, -0.15) is 0 Å². The third-order valence-corrected chi connectivity index (χ3v) is 4.96. The highest BCUT2D eigenvalue weighted by Gasteiger charge is 2.20. The Labute approximate surface area is 112 Å². The van der Waals surface area contributed by atoms with E-state index in [1.807, 2.05) is 12.1 Å². The summed E-state index contributed by atoms with van der Waals surface area (Å²) in [6.07, 6.45) is 0.806. The zero-order chi connectivity index (χ0) is 13.9. The van der Waals surface area contributed by atoms with Crippen molar-refractivity contribution in [1.82, 2.24) is 4.90 Å². The van der Waals surface area contributed by atoms with Crippen molar-refractivity contribution in [2.24, 2.45) is 0 Å². The first-order valence-corrected chi connectivity index (χ1v) is 8.03. The molecule has 0 aliphatic carbocycles. The van der Waals surface area contributed by atoms with Gasteiger partial charge in [-0.05, 0) is 24.1 Å². The van der Waals surface area contributed by atoms with E-state index in [0.29, 0.717) is 13.1 Å². The van der Waals surface area contributed by atoms with Crippen molar-refractivity contribution in [3.05, 3.63) is 35.4 Å². The highest BCUT2D eigenvalue weighted by atomic mass is 32.2. The number of sulfone groups is 1. The first-order valence-electron chi connectivity index (χ1n) is 6.21. The normalized spacial score (nSPS) is 19.2. The van der Waals surface area contributed by atoms with Gasteiger partial charge < -0.3 is 10.0 Å². The van der Waals surface area contributed by atoms with Crippen molar-refractivity contribution in [3.8, 4) is 0 Å². The molecule has 1 aliphatic heterocycles. The zero-order valence-electron chi connectivity index (χ0n) is 10.6. The van der Waals surface area contributed by atoms with E-state index in [1.54, 1.807) is 12.1 Å². The SMILES string of the molecule is O=C(O)c1ccc(CCN2CCS(=O)(=O)CC2)cc1. The van der Waals surface area contributed by atoms with Crippen LogP contribution in [0.2, 0.25) is 0 Å². The van der Waals surface area contributed by atoms with Crippen LogP contribution in [0.1, 0.15) is 15.9 Å². The zero-order valence-corrected chi connectivity index (χ0v) is 11.4. The van der Waals surface area contributed by atoms with Gasteiger partial charge in [-0.1, -0.05) is 12.1 Å². The van der Waals surface area contributed by atoms with Gasteiger partial charge in [0, 0.05) is 19.6 Å². The van der Waals surface area contributed by atoms with Crippen LogP contribution in [0.4, 0.5) is 0 Å². The van der Waals surface area contributed by atoms with Gasteiger partial charge in [0.2, 0.25) is 0 Å². The molecule has 0 unspecified atom stereocenters. The second-order valence-electron chi connectivity index (χ2n) is 4.75. The Balaban J connectivity index is 1.84. The van der Waals surface area contributed by atoms with E-state index < -0.39 is 15.8 Å². The van der Waals surface area contributed by atoms with Gasteiger partial charge in [0.1, 0.15) is 0 Å². The molecule has 1 N–H and O–H groups in total. The summed E-state index contributed by atoms with van der Waals surface area (Å²) in [5.74, 6) is -0.441. The van der Waals surface area contributed by atoms with Gasteiger partial charge in [-0.25, -0.2) is 13.2 Å². The van der Waals surface area contributed by atoms with Gasteiger partial charge in [0.05, 0.1) is 17.1 Å². The van der Waals surface area contributed by atoms with Gasteiger partial charge in [-0.3, -0.25) is 0 Å². The number of benzene rings is 1. The molecule has 19 heavy (non-hydrogen) atoms. The van der Waals surface area contributed by atoms with E-state index in [2.05, 4.69) is 4.90 Å². The van der Waals surface area contributed by atoms with Crippen LogP contribution < -0.4 is 0 Å². The van der Waals surface area contributed by atoms with Crippen LogP contribution in [0.15, 0.2) is 24.3 Å². The van der Waals surface area contributed by atoms with Crippen molar-refractivity contribution in [3.63, 3.8) is 0 Å². The molecular weight excluding hydrogens is 266 g/mol. The molecule has 1 aliphatic rings. The molecule has 1 aromatic rings. The summed E-state index contributed by atoms with van der Waals surface area (Å²) in [5, 5.41) is 8.79. The Hall–Kier alpha value is -1.40. The Morgan fingerprint density at radius 1 is 1.16 bits per heavy atom. The number of carbonyl (C=O) groups is 1. The smallest absolute Gasteiger partial charge is 0.335 e. The second-order valence-corrected chi connectivity index (χ2v) is 7.05. The molecule has 6 heteroatoms. The summed E-state index contributed by atoms with van der Waals surface area (Å²) in [7, 11) is -2.82. The first-order chi connectivity index (χ1) is 8.96. The van der Waals surface area contributed by atoms with Crippen molar-refractivity contribution < 1.29 is 18.3 Å². The lowest BCUT2D eigenvalue weighted by Crippen LogP contribution is -2.41. The van der Waals surface area contributed by atoms with Gasteiger partial charge in [-0.15, -0.1) is 0 Å². The molecule has 1 saturated heterocycles. The Morgan fingerprint density at radius 3 is 2.26 bits per heavy atom. The van der Waals surface area contributed by atoms with Crippen molar-refractivity contribution in [2.75, 3.05) is 31.1 Å². The molecule has 0 atom stereocenters. The third-order valence-electron chi connectivity index (χ3n) is 3.35. The van der Waals surface area contributed by atoms with E-state index in [9.17, 15) is 13.2 Å². The Morgan fingerprint density at radius 2 is 1.74 bits per heavy atom. The van der Waals surface area contributed by atoms with Crippen molar-refractivity contribution in [2.45, 2.75) is 6.42 Å². The van der Waals surface area contributed by atoms with Crippen molar-refractivity contribution in [1.29, 1.82) is 0 Å². The molecular formula is C13H17NO4S. The van der Waals surface area contributed by atoms with Crippen LogP contribution >= 0.6 is 0 Å². The highest BCUT2D eigenvalue weighted by Crippen LogP contribution is 2.08. The summed E-state index contributed by atoms with van der Waals surface area (Å²) in [6, 6.07) is 6.81. The van der Waals surface area contributed by atoms with E-state index in [-0.39, 0.29) is 17.1 Å². The molecule has 0 amide bonds. The number of carboxylic acid groups (broad SMARTS) is 1. The minimum Gasteiger partial charge on any atom is -0.478 e. The fourth-order valence-electron chi connectivity index (χ4n) is 2.08. The van der Waals surface area contributed by atoms with Crippen LogP contribution in [0.25, 0.3) is 0 Å². The molecule has 0 spiro atoms. The van der Waals surface area contributed by atoms with Gasteiger partial charge >= 0.3 is 5.97 Å². The molecule has 0 saturated carbocycles. The first kappa shape index (κ1) is 14.0. The Kier molecular flexibility index (Phi) is 4.21. The van der Waals surface area contributed by atoms with Crippen LogP contribution in [0.5, 0.6) is 0 Å².